The number of carbonyl (C=O) groups is 1. The standard InChI is InChI=1S/C13H26N2O3/c1-15(2)13(17)7-8-14-9-11(16)10-18-12-5-3-4-6-12/h11-12,14,16H,3-10H2,1-2H3. The predicted octanol–water partition coefficient (Wildman–Crippen LogP) is 0.374. The molecule has 0 radical (unpaired) electrons. The Kier molecular flexibility index (Phi) is 7.23. The molecular weight excluding hydrogens is 232 g/mol. The molecule has 1 fully saturated rings. The molecule has 0 spiro atoms. The van der Waals surface area contributed by atoms with Crippen LogP contribution in [0.15, 0.2) is 0 Å². The molecule has 1 aliphatic carbocycles. The van der Waals surface area contributed by atoms with E-state index in [2.05, 4.69) is 5.32 Å². The largest absolute Gasteiger partial charge is 0.389 e. The van der Waals surface area contributed by atoms with Crippen LogP contribution in [0.5, 0.6) is 0 Å². The number of nitrogens with zero attached hydrogens (tertiary/aromatic N) is 1. The Bertz CT molecular complexity index is 240. The summed E-state index contributed by atoms with van der Waals surface area (Å²) >= 11 is 0. The third kappa shape index (κ3) is 6.33. The summed E-state index contributed by atoms with van der Waals surface area (Å²) in [5, 5.41) is 12.8. The molecule has 5 nitrogen and oxygen atoms in total. The second-order valence-corrected chi connectivity index (χ2v) is 5.14. The lowest BCUT2D eigenvalue weighted by atomic mass is 10.3. The SMILES string of the molecule is CN(C)C(=O)CCNCC(O)COC1CCCC1. The molecule has 1 unspecified atom stereocenters. The number of aliphatic hydroxyl groups excluding tert-OH is 1. The minimum Gasteiger partial charge on any atom is -0.389 e. The average Bonchev–Trinajstić information content (AvgIpc) is 2.84. The average molecular weight is 258 g/mol. The molecule has 18 heavy (non-hydrogen) atoms. The van der Waals surface area contributed by atoms with E-state index in [4.69, 9.17) is 4.74 Å². The molecular formula is C13H26N2O3. The highest BCUT2D eigenvalue weighted by Crippen LogP contribution is 2.20. The normalized spacial score (nSPS) is 17.9. The van der Waals surface area contributed by atoms with Crippen molar-refractivity contribution in [2.45, 2.75) is 44.3 Å². The Balaban J connectivity index is 1.96. The number of hydrogen-bond acceptors (Lipinski definition) is 4. The van der Waals surface area contributed by atoms with E-state index in [-0.39, 0.29) is 5.91 Å². The summed E-state index contributed by atoms with van der Waals surface area (Å²) in [6.07, 6.45) is 5.05. The Labute approximate surface area is 109 Å². The van der Waals surface area contributed by atoms with Crippen LogP contribution >= 0.6 is 0 Å². The summed E-state index contributed by atoms with van der Waals surface area (Å²) in [7, 11) is 3.49. The van der Waals surface area contributed by atoms with Crippen LogP contribution in [0.1, 0.15) is 32.1 Å². The highest BCUT2D eigenvalue weighted by Gasteiger charge is 2.16. The molecule has 0 aromatic rings. The molecule has 2 N–H and O–H groups in total. The highest BCUT2D eigenvalue weighted by atomic mass is 16.5. The fraction of sp³-hybridized carbons (Fsp3) is 0.923. The second kappa shape index (κ2) is 8.45. The molecule has 1 amide bonds. The minimum atomic E-state index is -0.486. The van der Waals surface area contributed by atoms with Crippen LogP contribution in [0.2, 0.25) is 0 Å². The Morgan fingerprint density at radius 2 is 2.11 bits per heavy atom. The molecule has 5 heteroatoms. The zero-order valence-corrected chi connectivity index (χ0v) is 11.5. The summed E-state index contributed by atoms with van der Waals surface area (Å²) in [6.45, 7) is 1.46. The van der Waals surface area contributed by atoms with Crippen molar-refractivity contribution in [2.75, 3.05) is 33.8 Å². The first-order valence-corrected chi connectivity index (χ1v) is 6.80. The maximum Gasteiger partial charge on any atom is 0.223 e. The van der Waals surface area contributed by atoms with Crippen molar-refractivity contribution in [1.29, 1.82) is 0 Å². The zero-order chi connectivity index (χ0) is 13.4. The van der Waals surface area contributed by atoms with Crippen molar-refractivity contribution in [1.82, 2.24) is 10.2 Å². The number of carbonyl (C=O) groups excluding carboxylic acids is 1. The van der Waals surface area contributed by atoms with Gasteiger partial charge in [0.05, 0.1) is 18.8 Å². The maximum absolute atomic E-state index is 11.3. The third-order valence-corrected chi connectivity index (χ3v) is 3.22. The number of nitrogens with one attached hydrogen (secondary N) is 1. The lowest BCUT2D eigenvalue weighted by Gasteiger charge is -2.16. The van der Waals surface area contributed by atoms with E-state index in [1.807, 2.05) is 0 Å². The molecule has 0 saturated heterocycles. The number of amides is 1. The van der Waals surface area contributed by atoms with Gasteiger partial charge in [0.25, 0.3) is 0 Å². The van der Waals surface area contributed by atoms with Gasteiger partial charge >= 0.3 is 0 Å². The van der Waals surface area contributed by atoms with Crippen molar-refractivity contribution < 1.29 is 14.6 Å². The third-order valence-electron chi connectivity index (χ3n) is 3.22. The molecule has 1 aliphatic rings. The molecule has 106 valence electrons. The zero-order valence-electron chi connectivity index (χ0n) is 11.5. The number of hydrogen-bond donors (Lipinski definition) is 2. The lowest BCUT2D eigenvalue weighted by Crippen LogP contribution is -2.34. The van der Waals surface area contributed by atoms with Crippen molar-refractivity contribution in [3.05, 3.63) is 0 Å². The van der Waals surface area contributed by atoms with Gasteiger partial charge in [-0.2, -0.15) is 0 Å². The molecule has 0 heterocycles. The quantitative estimate of drug-likeness (QED) is 0.618. The number of rotatable bonds is 8. The van der Waals surface area contributed by atoms with Crippen LogP contribution in [-0.2, 0) is 9.53 Å². The molecule has 1 saturated carbocycles. The van der Waals surface area contributed by atoms with Gasteiger partial charge < -0.3 is 20.1 Å². The molecule has 0 aromatic carbocycles. The molecule has 0 aromatic heterocycles. The monoisotopic (exact) mass is 258 g/mol. The molecule has 0 aliphatic heterocycles. The van der Waals surface area contributed by atoms with E-state index in [0.717, 1.165) is 12.8 Å². The lowest BCUT2D eigenvalue weighted by molar-refractivity contribution is -0.128. The van der Waals surface area contributed by atoms with E-state index in [0.29, 0.717) is 32.2 Å². The van der Waals surface area contributed by atoms with Gasteiger partial charge in [0.15, 0.2) is 0 Å². The first-order chi connectivity index (χ1) is 8.59. The number of ether oxygens (including phenoxy) is 1. The van der Waals surface area contributed by atoms with Gasteiger partial charge in [0, 0.05) is 33.6 Å². The van der Waals surface area contributed by atoms with Gasteiger partial charge in [-0.05, 0) is 12.8 Å². The van der Waals surface area contributed by atoms with Crippen LogP contribution in [0.25, 0.3) is 0 Å². The van der Waals surface area contributed by atoms with Gasteiger partial charge in [0.1, 0.15) is 0 Å². The van der Waals surface area contributed by atoms with Crippen molar-refractivity contribution in [3.63, 3.8) is 0 Å². The highest BCUT2D eigenvalue weighted by molar-refractivity contribution is 5.75. The second-order valence-electron chi connectivity index (χ2n) is 5.14. The van der Waals surface area contributed by atoms with Crippen molar-refractivity contribution in [3.8, 4) is 0 Å². The topological polar surface area (TPSA) is 61.8 Å². The Morgan fingerprint density at radius 3 is 2.72 bits per heavy atom. The summed E-state index contributed by atoms with van der Waals surface area (Å²) in [6, 6.07) is 0. The van der Waals surface area contributed by atoms with E-state index >= 15 is 0 Å². The van der Waals surface area contributed by atoms with Gasteiger partial charge in [-0.1, -0.05) is 12.8 Å². The van der Waals surface area contributed by atoms with Crippen LogP contribution in [0, 0.1) is 0 Å². The summed E-state index contributed by atoms with van der Waals surface area (Å²) < 4.78 is 5.62. The van der Waals surface area contributed by atoms with Crippen LogP contribution < -0.4 is 5.32 Å². The summed E-state index contributed by atoms with van der Waals surface area (Å²) in [5.41, 5.74) is 0. The van der Waals surface area contributed by atoms with E-state index in [1.165, 1.54) is 12.8 Å². The van der Waals surface area contributed by atoms with Crippen LogP contribution in [-0.4, -0.2) is 61.9 Å². The number of aliphatic hydroxyl groups is 1. The minimum absolute atomic E-state index is 0.0965. The maximum atomic E-state index is 11.3. The van der Waals surface area contributed by atoms with E-state index in [9.17, 15) is 9.90 Å². The van der Waals surface area contributed by atoms with E-state index < -0.39 is 6.10 Å². The smallest absolute Gasteiger partial charge is 0.223 e. The van der Waals surface area contributed by atoms with Crippen molar-refractivity contribution >= 4 is 5.91 Å². The first kappa shape index (κ1) is 15.4. The summed E-state index contributed by atoms with van der Waals surface area (Å²) in [4.78, 5) is 12.9. The van der Waals surface area contributed by atoms with Gasteiger partial charge in [0.2, 0.25) is 5.91 Å². The van der Waals surface area contributed by atoms with Gasteiger partial charge in [-0.15, -0.1) is 0 Å². The fourth-order valence-corrected chi connectivity index (χ4v) is 2.05. The Hall–Kier alpha value is -0.650. The molecule has 1 rings (SSSR count). The summed E-state index contributed by atoms with van der Waals surface area (Å²) in [5.74, 6) is 0.0965. The Morgan fingerprint density at radius 1 is 1.44 bits per heavy atom. The predicted molar refractivity (Wildman–Crippen MR) is 70.4 cm³/mol. The van der Waals surface area contributed by atoms with Gasteiger partial charge in [-0.3, -0.25) is 4.79 Å². The van der Waals surface area contributed by atoms with Crippen LogP contribution in [0.4, 0.5) is 0 Å². The fourth-order valence-electron chi connectivity index (χ4n) is 2.05. The molecule has 0 bridgehead atoms. The van der Waals surface area contributed by atoms with Crippen LogP contribution in [0.3, 0.4) is 0 Å². The first-order valence-electron chi connectivity index (χ1n) is 6.80. The van der Waals surface area contributed by atoms with Crippen molar-refractivity contribution in [2.24, 2.45) is 0 Å². The van der Waals surface area contributed by atoms with Gasteiger partial charge in [-0.25, -0.2) is 0 Å². The van der Waals surface area contributed by atoms with E-state index in [1.54, 1.807) is 19.0 Å². The molecule has 1 atom stereocenters.